The molecule has 1 aliphatic carbocycles. The van der Waals surface area contributed by atoms with Crippen LogP contribution in [0.15, 0.2) is 66.0 Å². The van der Waals surface area contributed by atoms with Crippen molar-refractivity contribution in [1.82, 2.24) is 5.32 Å². The number of hydrogen-bond donors (Lipinski definition) is 1. The number of rotatable bonds is 9. The van der Waals surface area contributed by atoms with E-state index < -0.39 is 11.9 Å². The van der Waals surface area contributed by atoms with Gasteiger partial charge in [-0.1, -0.05) is 43.2 Å². The average molecular weight is 481 g/mol. The molecular formula is C27H29FN2O3S. The third-order valence-electron chi connectivity index (χ3n) is 5.99. The van der Waals surface area contributed by atoms with E-state index in [1.54, 1.807) is 24.3 Å². The van der Waals surface area contributed by atoms with Crippen molar-refractivity contribution >= 4 is 28.8 Å². The first-order valence-corrected chi connectivity index (χ1v) is 12.6. The minimum absolute atomic E-state index is 0.0758. The summed E-state index contributed by atoms with van der Waals surface area (Å²) in [5.41, 5.74) is 1.06. The number of nitrogens with one attached hydrogen (secondary N) is 1. The fraction of sp³-hybridized carbons (Fsp3) is 0.333. The molecule has 0 saturated heterocycles. The maximum absolute atomic E-state index is 13.8. The quantitative estimate of drug-likeness (QED) is 0.430. The molecule has 0 unspecified atom stereocenters. The first kappa shape index (κ1) is 24.0. The molecule has 1 heterocycles. The summed E-state index contributed by atoms with van der Waals surface area (Å²) >= 11 is 1.49. The van der Waals surface area contributed by atoms with E-state index in [0.29, 0.717) is 23.6 Å². The van der Waals surface area contributed by atoms with Gasteiger partial charge >= 0.3 is 0 Å². The number of anilines is 1. The lowest BCUT2D eigenvalue weighted by Crippen LogP contribution is -2.47. The van der Waals surface area contributed by atoms with Gasteiger partial charge in [0.1, 0.15) is 17.6 Å². The summed E-state index contributed by atoms with van der Waals surface area (Å²) < 4.78 is 19.6. The first-order chi connectivity index (χ1) is 16.6. The smallest absolute Gasteiger partial charge is 0.248 e. The van der Waals surface area contributed by atoms with Gasteiger partial charge in [0.15, 0.2) is 0 Å². The molecule has 1 saturated carbocycles. The zero-order valence-electron chi connectivity index (χ0n) is 19.2. The molecule has 3 aromatic rings. The highest BCUT2D eigenvalue weighted by Gasteiger charge is 2.35. The average Bonchev–Trinajstić information content (AvgIpc) is 3.53. The molecule has 0 radical (unpaired) electrons. The van der Waals surface area contributed by atoms with Crippen LogP contribution in [-0.4, -0.2) is 24.5 Å². The third-order valence-corrected chi connectivity index (χ3v) is 6.87. The summed E-state index contributed by atoms with van der Waals surface area (Å²) in [6, 6.07) is 15.9. The van der Waals surface area contributed by atoms with Crippen molar-refractivity contribution in [1.29, 1.82) is 0 Å². The fourth-order valence-corrected chi connectivity index (χ4v) is 5.11. The number of benzene rings is 2. The number of nitrogens with zero attached hydrogens (tertiary/aromatic N) is 1. The van der Waals surface area contributed by atoms with Crippen molar-refractivity contribution in [3.05, 3.63) is 82.3 Å². The Morgan fingerprint density at radius 1 is 1.09 bits per heavy atom. The van der Waals surface area contributed by atoms with Crippen LogP contribution in [0, 0.1) is 5.82 Å². The van der Waals surface area contributed by atoms with Gasteiger partial charge in [0.25, 0.3) is 0 Å². The molecule has 1 fully saturated rings. The zero-order valence-corrected chi connectivity index (χ0v) is 20.0. The number of hydrogen-bond acceptors (Lipinski definition) is 4. The summed E-state index contributed by atoms with van der Waals surface area (Å²) in [5.74, 6) is -0.384. The Balaban J connectivity index is 1.79. The van der Waals surface area contributed by atoms with Crippen molar-refractivity contribution in [2.75, 3.05) is 11.5 Å². The topological polar surface area (TPSA) is 58.6 Å². The third kappa shape index (κ3) is 5.65. The number of carbonyl (C=O) groups excluding carboxylic acids is 2. The Bertz CT molecular complexity index is 1100. The van der Waals surface area contributed by atoms with Crippen LogP contribution in [-0.2, 0) is 16.0 Å². The lowest BCUT2D eigenvalue weighted by Gasteiger charge is -2.33. The van der Waals surface area contributed by atoms with E-state index in [1.165, 1.54) is 28.4 Å². The van der Waals surface area contributed by atoms with Crippen LogP contribution in [0.25, 0.3) is 0 Å². The minimum Gasteiger partial charge on any atom is -0.492 e. The van der Waals surface area contributed by atoms with E-state index >= 15 is 0 Å². The molecular weight excluding hydrogens is 451 g/mol. The Kier molecular flexibility index (Phi) is 7.95. The number of carbonyl (C=O) groups is 2. The van der Waals surface area contributed by atoms with E-state index in [0.717, 1.165) is 30.6 Å². The molecule has 2 aromatic carbocycles. The van der Waals surface area contributed by atoms with Gasteiger partial charge in [0.2, 0.25) is 11.8 Å². The highest BCUT2D eigenvalue weighted by atomic mass is 32.1. The summed E-state index contributed by atoms with van der Waals surface area (Å²) in [4.78, 5) is 30.0. The van der Waals surface area contributed by atoms with Crippen molar-refractivity contribution in [2.24, 2.45) is 0 Å². The molecule has 1 atom stereocenters. The van der Waals surface area contributed by atoms with Gasteiger partial charge in [-0.05, 0) is 61.0 Å². The van der Waals surface area contributed by atoms with Crippen molar-refractivity contribution < 1.29 is 18.7 Å². The normalized spacial score (nSPS) is 14.5. The predicted molar refractivity (Wildman–Crippen MR) is 133 cm³/mol. The second kappa shape index (κ2) is 11.3. The first-order valence-electron chi connectivity index (χ1n) is 11.7. The molecule has 7 heteroatoms. The molecule has 4 rings (SSSR count). The van der Waals surface area contributed by atoms with Gasteiger partial charge in [0, 0.05) is 10.9 Å². The van der Waals surface area contributed by atoms with Crippen LogP contribution >= 0.6 is 11.3 Å². The van der Waals surface area contributed by atoms with E-state index in [4.69, 9.17) is 4.74 Å². The van der Waals surface area contributed by atoms with E-state index in [9.17, 15) is 14.0 Å². The minimum atomic E-state index is -0.963. The van der Waals surface area contributed by atoms with Crippen molar-refractivity contribution in [3.8, 4) is 5.75 Å². The summed E-state index contributed by atoms with van der Waals surface area (Å²) in [5, 5.41) is 5.06. The highest BCUT2D eigenvalue weighted by molar-refractivity contribution is 7.10. The second-order valence-electron chi connectivity index (χ2n) is 8.36. The number of amides is 2. The van der Waals surface area contributed by atoms with Crippen molar-refractivity contribution in [2.45, 2.75) is 51.1 Å². The van der Waals surface area contributed by atoms with Gasteiger partial charge in [-0.15, -0.1) is 11.3 Å². The molecule has 0 bridgehead atoms. The maximum atomic E-state index is 13.8. The van der Waals surface area contributed by atoms with Gasteiger partial charge in [-0.25, -0.2) is 4.39 Å². The summed E-state index contributed by atoms with van der Waals surface area (Å²) in [7, 11) is 0. The van der Waals surface area contributed by atoms with Crippen LogP contribution < -0.4 is 15.0 Å². The molecule has 178 valence electrons. The van der Waals surface area contributed by atoms with E-state index in [2.05, 4.69) is 5.32 Å². The molecule has 1 aliphatic rings. The molecule has 0 spiro atoms. The maximum Gasteiger partial charge on any atom is 0.248 e. The molecule has 0 aliphatic heterocycles. The number of ether oxygens (including phenoxy) is 1. The lowest BCUT2D eigenvalue weighted by molar-refractivity contribution is -0.127. The molecule has 2 amide bonds. The molecule has 5 nitrogen and oxygen atoms in total. The van der Waals surface area contributed by atoms with Gasteiger partial charge < -0.3 is 10.1 Å². The van der Waals surface area contributed by atoms with Crippen LogP contribution in [0.1, 0.15) is 49.1 Å². The second-order valence-corrected chi connectivity index (χ2v) is 9.40. The lowest BCUT2D eigenvalue weighted by atomic mass is 10.0. The fourth-order valence-electron chi connectivity index (χ4n) is 4.41. The standard InChI is InChI=1S/C27H29FN2O3S/c1-2-33-24-12-6-5-11-23(24)30(25(31)18-22-10-7-17-34-22)26(19-13-15-20(28)16-14-19)27(32)29-21-8-3-4-9-21/h5-7,10-17,21,26H,2-4,8-9,18H2,1H3,(H,29,32)/t26-/m1/s1. The van der Waals surface area contributed by atoms with Crippen LogP contribution in [0.2, 0.25) is 0 Å². The zero-order chi connectivity index (χ0) is 23.9. The molecule has 1 N–H and O–H groups in total. The van der Waals surface area contributed by atoms with Crippen molar-refractivity contribution in [3.63, 3.8) is 0 Å². The summed E-state index contributed by atoms with van der Waals surface area (Å²) in [6.45, 7) is 2.29. The van der Waals surface area contributed by atoms with Gasteiger partial charge in [-0.3, -0.25) is 14.5 Å². The molecule has 1 aromatic heterocycles. The number of para-hydroxylation sites is 2. The van der Waals surface area contributed by atoms with Crippen LogP contribution in [0.3, 0.4) is 0 Å². The van der Waals surface area contributed by atoms with E-state index in [1.807, 2.05) is 36.6 Å². The number of halogens is 1. The Morgan fingerprint density at radius 3 is 2.50 bits per heavy atom. The Hall–Kier alpha value is -3.19. The van der Waals surface area contributed by atoms with E-state index in [-0.39, 0.29) is 24.3 Å². The Morgan fingerprint density at radius 2 is 1.82 bits per heavy atom. The summed E-state index contributed by atoms with van der Waals surface area (Å²) in [6.07, 6.45) is 4.12. The van der Waals surface area contributed by atoms with Crippen LogP contribution in [0.4, 0.5) is 10.1 Å². The highest BCUT2D eigenvalue weighted by Crippen LogP contribution is 2.36. The monoisotopic (exact) mass is 480 g/mol. The number of thiophene rings is 1. The van der Waals surface area contributed by atoms with Gasteiger partial charge in [0.05, 0.1) is 18.7 Å². The van der Waals surface area contributed by atoms with Gasteiger partial charge in [-0.2, -0.15) is 0 Å². The Labute approximate surface area is 203 Å². The SMILES string of the molecule is CCOc1ccccc1N(C(=O)Cc1cccs1)[C@@H](C(=O)NC1CCCC1)c1ccc(F)cc1. The predicted octanol–water partition coefficient (Wildman–Crippen LogP) is 5.66. The van der Waals surface area contributed by atoms with Crippen LogP contribution in [0.5, 0.6) is 5.75 Å². The molecule has 34 heavy (non-hydrogen) atoms. The largest absolute Gasteiger partial charge is 0.492 e.